The number of hydrogen-bond donors (Lipinski definition) is 2. The van der Waals surface area contributed by atoms with Gasteiger partial charge >= 0.3 is 6.09 Å². The third kappa shape index (κ3) is 11.2. The van der Waals surface area contributed by atoms with Gasteiger partial charge in [-0.05, 0) is 98.2 Å². The maximum Gasteiger partial charge on any atom is 0.407 e. The highest BCUT2D eigenvalue weighted by Gasteiger charge is 2.58. The quantitative estimate of drug-likeness (QED) is 0.0887. The summed E-state index contributed by atoms with van der Waals surface area (Å²) in [7, 11) is 0. The number of unbranched alkanes of at least 4 members (excludes halogenated alkanes) is 1. The van der Waals surface area contributed by atoms with Gasteiger partial charge in [0.25, 0.3) is 0 Å². The Morgan fingerprint density at radius 3 is 2.29 bits per heavy atom. The number of rotatable bonds is 22. The summed E-state index contributed by atoms with van der Waals surface area (Å²) in [6.07, 6.45) is 18.6. The number of amides is 1. The molecule has 278 valence electrons. The van der Waals surface area contributed by atoms with Crippen LogP contribution in [0.25, 0.3) is 0 Å². The van der Waals surface area contributed by atoms with Gasteiger partial charge in [0.15, 0.2) is 0 Å². The first-order chi connectivity index (χ1) is 23.2. The van der Waals surface area contributed by atoms with Crippen molar-refractivity contribution in [2.45, 2.75) is 124 Å². The Labute approximate surface area is 292 Å². The van der Waals surface area contributed by atoms with Crippen LogP contribution >= 0.6 is 0 Å². The molecule has 3 fully saturated rings. The Kier molecular flexibility index (Phi) is 16.5. The standard InChI is InChI=1S/C40H71NO7/c1-30(2)9-6-7-10-32-12-14-36-35-13-11-33-27-34(15-17-40(33,5)37(35)16-18-39(32,36)4)48-38(43)41-19-8-20-44-21-22-45-23-24-46-25-26-47-29-31(3)28-42/h11,30-32,34-37,42H,6-10,12-29H2,1-5H3,(H,41,43)/t31?,32?,34-,35?,36?,37?,39+,40-/m0/s1. The molecule has 2 N–H and O–H groups in total. The summed E-state index contributed by atoms with van der Waals surface area (Å²) in [5.41, 5.74) is 2.39. The van der Waals surface area contributed by atoms with Gasteiger partial charge in [-0.1, -0.05) is 65.5 Å². The molecular formula is C40H71NO7. The summed E-state index contributed by atoms with van der Waals surface area (Å²) in [5.74, 6) is 4.43. The van der Waals surface area contributed by atoms with Crippen LogP contribution in [0.3, 0.4) is 0 Å². The zero-order chi connectivity index (χ0) is 34.4. The molecule has 0 heterocycles. The van der Waals surface area contributed by atoms with E-state index >= 15 is 0 Å². The van der Waals surface area contributed by atoms with Gasteiger partial charge in [-0.15, -0.1) is 0 Å². The van der Waals surface area contributed by atoms with E-state index in [9.17, 15) is 4.79 Å². The average molecular weight is 678 g/mol. The Balaban J connectivity index is 1.05. The molecule has 0 aromatic heterocycles. The van der Waals surface area contributed by atoms with Gasteiger partial charge in [0.05, 0.1) is 46.2 Å². The van der Waals surface area contributed by atoms with Crippen molar-refractivity contribution in [3.8, 4) is 0 Å². The summed E-state index contributed by atoms with van der Waals surface area (Å²) in [6.45, 7) is 16.8. The molecule has 1 amide bonds. The normalized spacial score (nSPS) is 31.9. The average Bonchev–Trinajstić information content (AvgIpc) is 3.40. The highest BCUT2D eigenvalue weighted by Crippen LogP contribution is 2.66. The Morgan fingerprint density at radius 2 is 1.58 bits per heavy atom. The first kappa shape index (κ1) is 39.6. The summed E-state index contributed by atoms with van der Waals surface area (Å²) < 4.78 is 28.0. The van der Waals surface area contributed by atoms with E-state index in [2.05, 4.69) is 39.1 Å². The molecule has 0 aromatic rings. The van der Waals surface area contributed by atoms with Gasteiger partial charge in [0.2, 0.25) is 0 Å². The van der Waals surface area contributed by atoms with Gasteiger partial charge in [0, 0.05) is 32.1 Å². The number of carbonyl (C=O) groups is 1. The minimum atomic E-state index is -0.298. The van der Waals surface area contributed by atoms with E-state index in [-0.39, 0.29) is 30.1 Å². The number of ether oxygens (including phenoxy) is 5. The Bertz CT molecular complexity index is 973. The van der Waals surface area contributed by atoms with Crippen molar-refractivity contribution in [1.82, 2.24) is 5.32 Å². The van der Waals surface area contributed by atoms with Crippen molar-refractivity contribution >= 4 is 6.09 Å². The third-order valence-electron chi connectivity index (χ3n) is 12.7. The number of alkyl carbamates (subject to hydrolysis) is 1. The molecule has 3 saturated carbocycles. The SMILES string of the molecule is CC(C)CCCCC1CCC2C3CC=C4C[C@@H](OC(=O)NCCCOCCOCCOCCOCC(C)CO)CC[C@]4(C)C3CC[C@]12C. The molecule has 8 heteroatoms. The molecule has 0 bridgehead atoms. The molecule has 0 radical (unpaired) electrons. The van der Waals surface area contributed by atoms with Crippen molar-refractivity contribution < 1.29 is 33.6 Å². The van der Waals surface area contributed by atoms with Crippen LogP contribution in [0.5, 0.6) is 0 Å². The lowest BCUT2D eigenvalue weighted by molar-refractivity contribution is -0.0519. The Hall–Kier alpha value is -1.19. The lowest BCUT2D eigenvalue weighted by atomic mass is 9.47. The number of nitrogens with one attached hydrogen (secondary N) is 1. The van der Waals surface area contributed by atoms with E-state index < -0.39 is 0 Å². The van der Waals surface area contributed by atoms with Crippen LogP contribution in [0.1, 0.15) is 118 Å². The van der Waals surface area contributed by atoms with Crippen LogP contribution in [0.2, 0.25) is 0 Å². The van der Waals surface area contributed by atoms with E-state index in [1.54, 1.807) is 5.57 Å². The smallest absolute Gasteiger partial charge is 0.407 e. The van der Waals surface area contributed by atoms with E-state index in [1.165, 1.54) is 57.8 Å². The van der Waals surface area contributed by atoms with Gasteiger partial charge in [0.1, 0.15) is 6.10 Å². The Morgan fingerprint density at radius 1 is 0.875 bits per heavy atom. The molecule has 48 heavy (non-hydrogen) atoms. The minimum Gasteiger partial charge on any atom is -0.446 e. The number of aliphatic hydroxyl groups excluding tert-OH is 1. The highest BCUT2D eigenvalue weighted by atomic mass is 16.6. The van der Waals surface area contributed by atoms with E-state index in [0.717, 1.165) is 55.3 Å². The van der Waals surface area contributed by atoms with Gasteiger partial charge in [-0.3, -0.25) is 0 Å². The number of hydrogen-bond acceptors (Lipinski definition) is 7. The van der Waals surface area contributed by atoms with Crippen LogP contribution < -0.4 is 5.32 Å². The van der Waals surface area contributed by atoms with Crippen molar-refractivity contribution in [2.75, 3.05) is 66.0 Å². The molecular weight excluding hydrogens is 606 g/mol. The molecule has 0 saturated heterocycles. The van der Waals surface area contributed by atoms with Crippen molar-refractivity contribution in [3.63, 3.8) is 0 Å². The first-order valence-electron chi connectivity index (χ1n) is 19.7. The molecule has 8 atom stereocenters. The molecule has 4 rings (SSSR count). The fraction of sp³-hybridized carbons (Fsp3) is 0.925. The molecule has 0 spiro atoms. The second-order valence-corrected chi connectivity index (χ2v) is 16.5. The van der Waals surface area contributed by atoms with E-state index in [1.807, 2.05) is 6.92 Å². The number of aliphatic hydroxyl groups is 1. The molecule has 4 aliphatic rings. The fourth-order valence-electron chi connectivity index (χ4n) is 9.81. The van der Waals surface area contributed by atoms with Crippen LogP contribution in [-0.4, -0.2) is 83.3 Å². The van der Waals surface area contributed by atoms with E-state index in [4.69, 9.17) is 28.8 Å². The molecule has 0 aromatic carbocycles. The predicted molar refractivity (Wildman–Crippen MR) is 191 cm³/mol. The summed E-state index contributed by atoms with van der Waals surface area (Å²) in [5, 5.41) is 11.9. The van der Waals surface area contributed by atoms with Gasteiger partial charge in [-0.25, -0.2) is 4.79 Å². The van der Waals surface area contributed by atoms with Crippen molar-refractivity contribution in [2.24, 2.45) is 46.3 Å². The molecule has 4 aliphatic carbocycles. The lowest BCUT2D eigenvalue weighted by Gasteiger charge is -2.58. The zero-order valence-electron chi connectivity index (χ0n) is 31.3. The van der Waals surface area contributed by atoms with Gasteiger partial charge < -0.3 is 34.1 Å². The number of fused-ring (bicyclic) bond motifs is 5. The summed E-state index contributed by atoms with van der Waals surface area (Å²) in [6, 6.07) is 0. The van der Waals surface area contributed by atoms with Crippen LogP contribution in [0.15, 0.2) is 11.6 Å². The largest absolute Gasteiger partial charge is 0.446 e. The molecule has 0 aliphatic heterocycles. The summed E-state index contributed by atoms with van der Waals surface area (Å²) in [4.78, 5) is 12.6. The minimum absolute atomic E-state index is 0.0173. The third-order valence-corrected chi connectivity index (χ3v) is 12.7. The van der Waals surface area contributed by atoms with E-state index in [0.29, 0.717) is 64.8 Å². The van der Waals surface area contributed by atoms with Crippen LogP contribution in [0, 0.1) is 46.3 Å². The van der Waals surface area contributed by atoms with Crippen LogP contribution in [-0.2, 0) is 23.7 Å². The molecule has 5 unspecified atom stereocenters. The lowest BCUT2D eigenvalue weighted by Crippen LogP contribution is -2.50. The predicted octanol–water partition coefficient (Wildman–Crippen LogP) is 7.96. The maximum absolute atomic E-state index is 12.6. The summed E-state index contributed by atoms with van der Waals surface area (Å²) >= 11 is 0. The molecule has 8 nitrogen and oxygen atoms in total. The van der Waals surface area contributed by atoms with Gasteiger partial charge in [-0.2, -0.15) is 0 Å². The monoisotopic (exact) mass is 678 g/mol. The van der Waals surface area contributed by atoms with Crippen molar-refractivity contribution in [3.05, 3.63) is 11.6 Å². The highest BCUT2D eigenvalue weighted by molar-refractivity contribution is 5.67. The second kappa shape index (κ2) is 20.0. The van der Waals surface area contributed by atoms with Crippen molar-refractivity contribution in [1.29, 1.82) is 0 Å². The second-order valence-electron chi connectivity index (χ2n) is 16.5. The fourth-order valence-corrected chi connectivity index (χ4v) is 9.81. The maximum atomic E-state index is 12.6. The number of allylic oxidation sites excluding steroid dienone is 1. The zero-order valence-corrected chi connectivity index (χ0v) is 31.3. The first-order valence-corrected chi connectivity index (χ1v) is 19.7. The topological polar surface area (TPSA) is 95.5 Å². The number of carbonyl (C=O) groups excluding carboxylic acids is 1. The van der Waals surface area contributed by atoms with Crippen LogP contribution in [0.4, 0.5) is 4.79 Å².